The maximum absolute atomic E-state index is 13.6. The molecule has 0 saturated carbocycles. The summed E-state index contributed by atoms with van der Waals surface area (Å²) in [5, 5.41) is 9.40. The van der Waals surface area contributed by atoms with Crippen LogP contribution in [-0.4, -0.2) is 47.5 Å². The predicted octanol–water partition coefficient (Wildman–Crippen LogP) is 2.57. The van der Waals surface area contributed by atoms with Gasteiger partial charge in [0.1, 0.15) is 12.8 Å². The topological polar surface area (TPSA) is 54.8 Å². The summed E-state index contributed by atoms with van der Waals surface area (Å²) in [5.74, 6) is 1.30. The van der Waals surface area contributed by atoms with Crippen LogP contribution in [0, 0.1) is 0 Å². The van der Waals surface area contributed by atoms with Crippen LogP contribution in [0.4, 0.5) is 4.39 Å². The molecule has 2 heterocycles. The quantitative estimate of drug-likeness (QED) is 0.835. The van der Waals surface area contributed by atoms with Crippen molar-refractivity contribution in [3.63, 3.8) is 0 Å². The summed E-state index contributed by atoms with van der Waals surface area (Å²) in [7, 11) is 1.60. The number of hydrogen-bond acceptors (Lipinski definition) is 5. The van der Waals surface area contributed by atoms with Gasteiger partial charge in [-0.2, -0.15) is 0 Å². The molecule has 1 saturated heterocycles. The third-order valence-electron chi connectivity index (χ3n) is 4.44. The molecule has 0 amide bonds. The highest BCUT2D eigenvalue weighted by Crippen LogP contribution is 2.30. The van der Waals surface area contributed by atoms with Gasteiger partial charge in [-0.25, -0.2) is 4.39 Å². The highest BCUT2D eigenvalue weighted by molar-refractivity contribution is 5.43. The van der Waals surface area contributed by atoms with E-state index in [-0.39, 0.29) is 12.6 Å². The summed E-state index contributed by atoms with van der Waals surface area (Å²) in [6.45, 7) is 1.34. The first-order valence-corrected chi connectivity index (χ1v) is 8.37. The van der Waals surface area contributed by atoms with Gasteiger partial charge in [-0.15, -0.1) is 0 Å². The molecular formula is C19H23FN2O3. The summed E-state index contributed by atoms with van der Waals surface area (Å²) in [4.78, 5) is 5.95. The third kappa shape index (κ3) is 4.46. The Kier molecular flexibility index (Phi) is 5.83. The number of halogens is 1. The number of likely N-dealkylation sites (tertiary alicyclic amines) is 1. The molecular weight excluding hydrogens is 323 g/mol. The second-order valence-corrected chi connectivity index (χ2v) is 6.23. The average molecular weight is 346 g/mol. The molecule has 0 radical (unpaired) electrons. The van der Waals surface area contributed by atoms with Crippen molar-refractivity contribution in [3.05, 3.63) is 53.9 Å². The maximum atomic E-state index is 13.6. The van der Waals surface area contributed by atoms with E-state index >= 15 is 0 Å². The molecule has 1 aromatic carbocycles. The number of aliphatic hydroxyl groups excluding tert-OH is 1. The molecule has 0 aliphatic carbocycles. The number of alkyl halides is 1. The van der Waals surface area contributed by atoms with Crippen molar-refractivity contribution >= 4 is 0 Å². The Bertz CT molecular complexity index is 684. The highest BCUT2D eigenvalue weighted by atomic mass is 19.1. The number of aliphatic hydroxyl groups is 1. The Morgan fingerprint density at radius 1 is 1.20 bits per heavy atom. The van der Waals surface area contributed by atoms with Crippen molar-refractivity contribution in [2.75, 3.05) is 20.3 Å². The average Bonchev–Trinajstić information content (AvgIpc) is 3.00. The Morgan fingerprint density at radius 3 is 2.72 bits per heavy atom. The number of methoxy groups -OCH3 is 1. The SMILES string of the molecule is COc1cc(CN2C[C@@H](F)C[C@H]2CO)ccc1OCc1ccncc1. The smallest absolute Gasteiger partial charge is 0.161 e. The van der Waals surface area contributed by atoms with E-state index in [1.165, 1.54) is 0 Å². The van der Waals surface area contributed by atoms with Crippen LogP contribution in [0.3, 0.4) is 0 Å². The normalized spacial score (nSPS) is 20.6. The lowest BCUT2D eigenvalue weighted by molar-refractivity contribution is 0.153. The van der Waals surface area contributed by atoms with E-state index in [1.807, 2.05) is 35.2 Å². The lowest BCUT2D eigenvalue weighted by Gasteiger charge is -2.22. The van der Waals surface area contributed by atoms with Gasteiger partial charge < -0.3 is 14.6 Å². The van der Waals surface area contributed by atoms with E-state index in [2.05, 4.69) is 4.98 Å². The van der Waals surface area contributed by atoms with Crippen molar-refractivity contribution in [2.24, 2.45) is 0 Å². The van der Waals surface area contributed by atoms with Crippen molar-refractivity contribution < 1.29 is 19.0 Å². The van der Waals surface area contributed by atoms with Crippen LogP contribution in [-0.2, 0) is 13.2 Å². The van der Waals surface area contributed by atoms with Crippen LogP contribution >= 0.6 is 0 Å². The molecule has 3 rings (SSSR count). The molecule has 1 N–H and O–H groups in total. The van der Waals surface area contributed by atoms with Gasteiger partial charge in [0.05, 0.1) is 13.7 Å². The molecule has 1 fully saturated rings. The molecule has 5 nitrogen and oxygen atoms in total. The van der Waals surface area contributed by atoms with Gasteiger partial charge in [0.25, 0.3) is 0 Å². The number of ether oxygens (including phenoxy) is 2. The number of benzene rings is 1. The monoisotopic (exact) mass is 346 g/mol. The molecule has 1 aliphatic rings. The Hall–Kier alpha value is -2.18. The lowest BCUT2D eigenvalue weighted by Crippen LogP contribution is -2.31. The summed E-state index contributed by atoms with van der Waals surface area (Å²) >= 11 is 0. The van der Waals surface area contributed by atoms with E-state index < -0.39 is 6.17 Å². The van der Waals surface area contributed by atoms with E-state index in [1.54, 1.807) is 19.5 Å². The fourth-order valence-electron chi connectivity index (χ4n) is 3.11. The first kappa shape index (κ1) is 17.6. The van der Waals surface area contributed by atoms with Gasteiger partial charge in [0.15, 0.2) is 11.5 Å². The van der Waals surface area contributed by atoms with Gasteiger partial charge in [-0.05, 0) is 41.8 Å². The minimum Gasteiger partial charge on any atom is -0.493 e. The van der Waals surface area contributed by atoms with Crippen molar-refractivity contribution in [2.45, 2.75) is 31.8 Å². The zero-order chi connectivity index (χ0) is 17.6. The van der Waals surface area contributed by atoms with Crippen LogP contribution in [0.15, 0.2) is 42.7 Å². The third-order valence-corrected chi connectivity index (χ3v) is 4.44. The van der Waals surface area contributed by atoms with Crippen molar-refractivity contribution in [1.82, 2.24) is 9.88 Å². The molecule has 1 aromatic heterocycles. The standard InChI is InChI=1S/C19H23FN2O3/c1-24-19-8-15(10-22-11-16(20)9-17(22)12-23)2-3-18(19)25-13-14-4-6-21-7-5-14/h2-8,16-17,23H,9-13H2,1H3/t16-,17-/m0/s1. The second-order valence-electron chi connectivity index (χ2n) is 6.23. The summed E-state index contributed by atoms with van der Waals surface area (Å²) in [6.07, 6.45) is 2.97. The number of pyridine rings is 1. The Morgan fingerprint density at radius 2 is 2.00 bits per heavy atom. The fourth-order valence-corrected chi connectivity index (χ4v) is 3.11. The summed E-state index contributed by atoms with van der Waals surface area (Å²) < 4.78 is 24.8. The molecule has 6 heteroatoms. The van der Waals surface area contributed by atoms with E-state index in [0.29, 0.717) is 37.6 Å². The van der Waals surface area contributed by atoms with E-state index in [9.17, 15) is 9.50 Å². The summed E-state index contributed by atoms with van der Waals surface area (Å²) in [5.41, 5.74) is 2.03. The second kappa shape index (κ2) is 8.27. The molecule has 0 bridgehead atoms. The van der Waals surface area contributed by atoms with Gasteiger partial charge in [-0.1, -0.05) is 6.07 Å². The van der Waals surface area contributed by atoms with E-state index in [0.717, 1.165) is 11.1 Å². The predicted molar refractivity (Wildman–Crippen MR) is 92.4 cm³/mol. The molecule has 2 aromatic rings. The van der Waals surface area contributed by atoms with Gasteiger partial charge in [0.2, 0.25) is 0 Å². The molecule has 1 aliphatic heterocycles. The Balaban J connectivity index is 1.67. The largest absolute Gasteiger partial charge is 0.493 e. The van der Waals surface area contributed by atoms with Crippen molar-refractivity contribution in [1.29, 1.82) is 0 Å². The zero-order valence-electron chi connectivity index (χ0n) is 14.3. The zero-order valence-corrected chi connectivity index (χ0v) is 14.3. The van der Waals surface area contributed by atoms with Crippen molar-refractivity contribution in [3.8, 4) is 11.5 Å². The first-order chi connectivity index (χ1) is 12.2. The molecule has 0 unspecified atom stereocenters. The van der Waals surface area contributed by atoms with Crippen LogP contribution in [0.2, 0.25) is 0 Å². The maximum Gasteiger partial charge on any atom is 0.161 e. The number of nitrogens with zero attached hydrogens (tertiary/aromatic N) is 2. The highest BCUT2D eigenvalue weighted by Gasteiger charge is 2.31. The molecule has 25 heavy (non-hydrogen) atoms. The number of rotatable bonds is 7. The van der Waals surface area contributed by atoms with Gasteiger partial charge >= 0.3 is 0 Å². The molecule has 2 atom stereocenters. The summed E-state index contributed by atoms with van der Waals surface area (Å²) in [6, 6.07) is 9.40. The van der Waals surface area contributed by atoms with Crippen LogP contribution < -0.4 is 9.47 Å². The Labute approximate surface area is 147 Å². The number of hydrogen-bond donors (Lipinski definition) is 1. The van der Waals surface area contributed by atoms with Gasteiger partial charge in [-0.3, -0.25) is 9.88 Å². The molecule has 0 spiro atoms. The van der Waals surface area contributed by atoms with Crippen LogP contribution in [0.25, 0.3) is 0 Å². The molecule has 134 valence electrons. The first-order valence-electron chi connectivity index (χ1n) is 8.37. The fraction of sp³-hybridized carbons (Fsp3) is 0.421. The lowest BCUT2D eigenvalue weighted by atomic mass is 10.1. The number of aromatic nitrogens is 1. The van der Waals surface area contributed by atoms with Gasteiger partial charge in [0, 0.05) is 31.5 Å². The minimum absolute atomic E-state index is 0.0231. The van der Waals surface area contributed by atoms with E-state index in [4.69, 9.17) is 9.47 Å². The van der Waals surface area contributed by atoms with Crippen LogP contribution in [0.1, 0.15) is 17.5 Å². The minimum atomic E-state index is -0.873. The van der Waals surface area contributed by atoms with Crippen LogP contribution in [0.5, 0.6) is 11.5 Å².